The van der Waals surface area contributed by atoms with E-state index in [4.69, 9.17) is 16.4 Å². The molecule has 1 N–H and O–H groups in total. The molecule has 0 saturated carbocycles. The molecule has 0 fully saturated rings. The Morgan fingerprint density at radius 3 is 2.64 bits per heavy atom. The fraction of sp³-hybridized carbons (Fsp3) is 0.182. The van der Waals surface area contributed by atoms with Crippen molar-refractivity contribution in [2.45, 2.75) is 6.92 Å². The van der Waals surface area contributed by atoms with Gasteiger partial charge in [0.05, 0.1) is 5.71 Å². The van der Waals surface area contributed by atoms with Crippen LogP contribution in [0.3, 0.4) is 0 Å². The van der Waals surface area contributed by atoms with Gasteiger partial charge in [-0.15, -0.1) is 6.42 Å². The topological polar surface area (TPSA) is 41.8 Å². The van der Waals surface area contributed by atoms with Gasteiger partial charge in [-0.3, -0.25) is 0 Å². The van der Waals surface area contributed by atoms with Crippen LogP contribution in [0.15, 0.2) is 29.4 Å². The highest BCUT2D eigenvalue weighted by molar-refractivity contribution is 5.98. The highest BCUT2D eigenvalue weighted by Crippen LogP contribution is 2.12. The van der Waals surface area contributed by atoms with Crippen LogP contribution in [0.5, 0.6) is 5.75 Å². The molecular formula is C11H11NO2. The van der Waals surface area contributed by atoms with Gasteiger partial charge >= 0.3 is 0 Å². The lowest BCUT2D eigenvalue weighted by atomic mass is 10.1. The summed E-state index contributed by atoms with van der Waals surface area (Å²) in [5.41, 5.74) is 1.41. The molecule has 0 amide bonds. The Morgan fingerprint density at radius 2 is 2.14 bits per heavy atom. The molecule has 0 aromatic heterocycles. The van der Waals surface area contributed by atoms with Crippen LogP contribution in [0.4, 0.5) is 0 Å². The first-order valence-electron chi connectivity index (χ1n) is 4.13. The van der Waals surface area contributed by atoms with Crippen LogP contribution < -0.4 is 4.74 Å². The molecule has 0 unspecified atom stereocenters. The summed E-state index contributed by atoms with van der Waals surface area (Å²) >= 11 is 0. The maximum Gasteiger partial charge on any atom is 0.148 e. The van der Waals surface area contributed by atoms with Gasteiger partial charge in [0, 0.05) is 0 Å². The standard InChI is InChI=1S/C11H11NO2/c1-3-8-14-11-6-4-10(5-7-11)9(2)12-13/h1,4-7,13H,8H2,2H3/b12-9+. The van der Waals surface area contributed by atoms with E-state index in [1.807, 2.05) is 0 Å². The zero-order chi connectivity index (χ0) is 10.4. The molecule has 14 heavy (non-hydrogen) atoms. The van der Waals surface area contributed by atoms with E-state index in [9.17, 15) is 0 Å². The Kier molecular flexibility index (Phi) is 3.57. The van der Waals surface area contributed by atoms with Crippen molar-refractivity contribution in [3.05, 3.63) is 29.8 Å². The van der Waals surface area contributed by atoms with E-state index < -0.39 is 0 Å². The predicted molar refractivity (Wildman–Crippen MR) is 54.8 cm³/mol. The Labute approximate surface area is 83.0 Å². The molecule has 1 aromatic carbocycles. The lowest BCUT2D eigenvalue weighted by molar-refractivity contribution is 0.319. The molecule has 0 aliphatic carbocycles. The Balaban J connectivity index is 2.74. The zero-order valence-corrected chi connectivity index (χ0v) is 7.90. The second kappa shape index (κ2) is 4.93. The van der Waals surface area contributed by atoms with Gasteiger partial charge in [0.2, 0.25) is 0 Å². The number of hydrogen-bond acceptors (Lipinski definition) is 3. The van der Waals surface area contributed by atoms with Crippen molar-refractivity contribution < 1.29 is 9.94 Å². The summed E-state index contributed by atoms with van der Waals surface area (Å²) in [5.74, 6) is 3.08. The average molecular weight is 189 g/mol. The lowest BCUT2D eigenvalue weighted by Gasteiger charge is -2.03. The Bertz CT molecular complexity index is 360. The third-order valence-corrected chi connectivity index (χ3v) is 1.74. The minimum atomic E-state index is 0.256. The van der Waals surface area contributed by atoms with Crippen LogP contribution in [-0.4, -0.2) is 17.5 Å². The lowest BCUT2D eigenvalue weighted by Crippen LogP contribution is -1.96. The average Bonchev–Trinajstić information content (AvgIpc) is 2.26. The number of nitrogens with zero attached hydrogens (tertiary/aromatic N) is 1. The molecule has 0 heterocycles. The minimum absolute atomic E-state index is 0.256. The summed E-state index contributed by atoms with van der Waals surface area (Å²) < 4.78 is 5.19. The van der Waals surface area contributed by atoms with E-state index in [0.717, 1.165) is 5.56 Å². The molecular weight excluding hydrogens is 178 g/mol. The van der Waals surface area contributed by atoms with Crippen molar-refractivity contribution in [3.8, 4) is 18.1 Å². The SMILES string of the molecule is C#CCOc1ccc(/C(C)=N/O)cc1. The van der Waals surface area contributed by atoms with Crippen LogP contribution in [0.1, 0.15) is 12.5 Å². The first kappa shape index (κ1) is 10.1. The smallest absolute Gasteiger partial charge is 0.148 e. The van der Waals surface area contributed by atoms with Crippen molar-refractivity contribution in [1.29, 1.82) is 0 Å². The third kappa shape index (κ3) is 2.53. The molecule has 1 rings (SSSR count). The van der Waals surface area contributed by atoms with Gasteiger partial charge in [0.25, 0.3) is 0 Å². The van der Waals surface area contributed by atoms with E-state index in [1.165, 1.54) is 0 Å². The molecule has 0 spiro atoms. The second-order valence-electron chi connectivity index (χ2n) is 2.70. The molecule has 0 aliphatic rings. The van der Waals surface area contributed by atoms with Gasteiger partial charge in [-0.1, -0.05) is 11.1 Å². The first-order chi connectivity index (χ1) is 6.77. The Morgan fingerprint density at radius 1 is 1.50 bits per heavy atom. The highest BCUT2D eigenvalue weighted by atomic mass is 16.5. The quantitative estimate of drug-likeness (QED) is 0.341. The summed E-state index contributed by atoms with van der Waals surface area (Å²) in [7, 11) is 0. The second-order valence-corrected chi connectivity index (χ2v) is 2.70. The van der Waals surface area contributed by atoms with Crippen molar-refractivity contribution >= 4 is 5.71 Å². The number of rotatable bonds is 3. The van der Waals surface area contributed by atoms with Crippen LogP contribution in [0.2, 0.25) is 0 Å². The van der Waals surface area contributed by atoms with Gasteiger partial charge in [-0.05, 0) is 36.8 Å². The number of hydrogen-bond donors (Lipinski definition) is 1. The van der Waals surface area contributed by atoms with E-state index in [2.05, 4.69) is 11.1 Å². The normalized spacial score (nSPS) is 10.7. The largest absolute Gasteiger partial charge is 0.481 e. The molecule has 0 bridgehead atoms. The van der Waals surface area contributed by atoms with Crippen molar-refractivity contribution in [1.82, 2.24) is 0 Å². The summed E-state index contributed by atoms with van der Waals surface area (Å²) in [6.07, 6.45) is 5.05. The van der Waals surface area contributed by atoms with Crippen LogP contribution in [0.25, 0.3) is 0 Å². The molecule has 0 atom stereocenters. The van der Waals surface area contributed by atoms with Crippen molar-refractivity contribution in [3.63, 3.8) is 0 Å². The zero-order valence-electron chi connectivity index (χ0n) is 7.90. The van der Waals surface area contributed by atoms with Crippen LogP contribution >= 0.6 is 0 Å². The van der Waals surface area contributed by atoms with Crippen molar-refractivity contribution in [2.24, 2.45) is 5.16 Å². The van der Waals surface area contributed by atoms with E-state index in [-0.39, 0.29) is 6.61 Å². The number of oxime groups is 1. The maximum atomic E-state index is 8.53. The molecule has 0 radical (unpaired) electrons. The highest BCUT2D eigenvalue weighted by Gasteiger charge is 1.97. The summed E-state index contributed by atoms with van der Waals surface area (Å²) in [5, 5.41) is 11.6. The molecule has 1 aromatic rings. The predicted octanol–water partition coefficient (Wildman–Crippen LogP) is 1.90. The summed E-state index contributed by atoms with van der Waals surface area (Å²) in [6.45, 7) is 1.98. The Hall–Kier alpha value is -1.95. The fourth-order valence-electron chi connectivity index (χ4n) is 0.975. The maximum absolute atomic E-state index is 8.53. The fourth-order valence-corrected chi connectivity index (χ4v) is 0.975. The van der Waals surface area contributed by atoms with Crippen molar-refractivity contribution in [2.75, 3.05) is 6.61 Å². The third-order valence-electron chi connectivity index (χ3n) is 1.74. The van der Waals surface area contributed by atoms with Crippen LogP contribution in [-0.2, 0) is 0 Å². The number of ether oxygens (including phenoxy) is 1. The van der Waals surface area contributed by atoms with E-state index in [0.29, 0.717) is 11.5 Å². The molecule has 3 nitrogen and oxygen atoms in total. The minimum Gasteiger partial charge on any atom is -0.481 e. The monoisotopic (exact) mass is 189 g/mol. The van der Waals surface area contributed by atoms with Gasteiger partial charge < -0.3 is 9.94 Å². The summed E-state index contributed by atoms with van der Waals surface area (Å²) in [4.78, 5) is 0. The summed E-state index contributed by atoms with van der Waals surface area (Å²) in [6, 6.07) is 7.17. The molecule has 72 valence electrons. The van der Waals surface area contributed by atoms with Gasteiger partial charge in [-0.2, -0.15) is 0 Å². The van der Waals surface area contributed by atoms with E-state index in [1.54, 1.807) is 31.2 Å². The van der Waals surface area contributed by atoms with Gasteiger partial charge in [-0.25, -0.2) is 0 Å². The first-order valence-corrected chi connectivity index (χ1v) is 4.13. The molecule has 3 heteroatoms. The van der Waals surface area contributed by atoms with Gasteiger partial charge in [0.15, 0.2) is 0 Å². The number of benzene rings is 1. The number of terminal acetylenes is 1. The van der Waals surface area contributed by atoms with Gasteiger partial charge in [0.1, 0.15) is 12.4 Å². The molecule has 0 aliphatic heterocycles. The van der Waals surface area contributed by atoms with E-state index >= 15 is 0 Å². The molecule has 0 saturated heterocycles. The van der Waals surface area contributed by atoms with Crippen LogP contribution in [0, 0.1) is 12.3 Å².